The van der Waals surface area contributed by atoms with Gasteiger partial charge in [0.1, 0.15) is 6.04 Å². The van der Waals surface area contributed by atoms with Crippen LogP contribution in [-0.2, 0) is 24.4 Å². The molecule has 2 aromatic carbocycles. The van der Waals surface area contributed by atoms with E-state index in [-0.39, 0.29) is 23.3 Å². The van der Waals surface area contributed by atoms with Gasteiger partial charge in [0.2, 0.25) is 21.8 Å². The van der Waals surface area contributed by atoms with Gasteiger partial charge >= 0.3 is 0 Å². The lowest BCUT2D eigenvalue weighted by atomic mass is 10.2. The number of amides is 3. The van der Waals surface area contributed by atoms with E-state index in [1.165, 1.54) is 35.5 Å². The lowest BCUT2D eigenvalue weighted by molar-refractivity contribution is -0.122. The van der Waals surface area contributed by atoms with Gasteiger partial charge in [0.25, 0.3) is 5.91 Å². The van der Waals surface area contributed by atoms with E-state index in [9.17, 15) is 22.8 Å². The van der Waals surface area contributed by atoms with Crippen LogP contribution in [0, 0.1) is 0 Å². The molecule has 4 rings (SSSR count). The highest BCUT2D eigenvalue weighted by Crippen LogP contribution is 2.36. The van der Waals surface area contributed by atoms with Crippen molar-refractivity contribution in [1.82, 2.24) is 4.31 Å². The van der Waals surface area contributed by atoms with Crippen LogP contribution >= 0.6 is 11.6 Å². The molecule has 1 heterocycles. The van der Waals surface area contributed by atoms with Gasteiger partial charge in [-0.1, -0.05) is 24.4 Å². The number of carbonyl (C=O) groups excluding carboxylic acids is 3. The first-order valence-electron chi connectivity index (χ1n) is 10.7. The third kappa shape index (κ3) is 4.66. The van der Waals surface area contributed by atoms with E-state index in [2.05, 4.69) is 5.32 Å². The van der Waals surface area contributed by atoms with E-state index in [4.69, 9.17) is 11.6 Å². The molecule has 1 atom stereocenters. The monoisotopic (exact) mass is 489 g/mol. The molecule has 1 saturated carbocycles. The number of nitrogens with zero attached hydrogens (tertiary/aromatic N) is 2. The van der Waals surface area contributed by atoms with Crippen LogP contribution in [0.1, 0.15) is 39.0 Å². The summed E-state index contributed by atoms with van der Waals surface area (Å²) in [6.45, 7) is 1.36. The van der Waals surface area contributed by atoms with Crippen molar-refractivity contribution in [2.75, 3.05) is 10.2 Å². The average Bonchev–Trinajstić information content (AvgIpc) is 3.38. The molecule has 2 aliphatic rings. The highest BCUT2D eigenvalue weighted by molar-refractivity contribution is 7.89. The molecule has 0 aromatic heterocycles. The van der Waals surface area contributed by atoms with Crippen LogP contribution in [0.4, 0.5) is 11.4 Å². The molecule has 33 heavy (non-hydrogen) atoms. The zero-order valence-corrected chi connectivity index (χ0v) is 19.6. The van der Waals surface area contributed by atoms with Gasteiger partial charge in [-0.25, -0.2) is 13.3 Å². The molecule has 10 heteroatoms. The number of hydrogen-bond donors (Lipinski definition) is 1. The topological polar surface area (TPSA) is 104 Å². The highest BCUT2D eigenvalue weighted by atomic mass is 35.5. The number of nitrogens with one attached hydrogen (secondary N) is 1. The Balaban J connectivity index is 1.69. The summed E-state index contributed by atoms with van der Waals surface area (Å²) in [7, 11) is -4.08. The summed E-state index contributed by atoms with van der Waals surface area (Å²) in [6.07, 6.45) is 2.74. The first kappa shape index (κ1) is 23.4. The Kier molecular flexibility index (Phi) is 6.56. The quantitative estimate of drug-likeness (QED) is 0.625. The second-order valence-corrected chi connectivity index (χ2v) is 10.5. The predicted octanol–water partition coefficient (Wildman–Crippen LogP) is 3.56. The Morgan fingerprint density at radius 2 is 1.64 bits per heavy atom. The van der Waals surface area contributed by atoms with Crippen LogP contribution < -0.4 is 10.2 Å². The van der Waals surface area contributed by atoms with Crippen LogP contribution in [0.2, 0.25) is 5.02 Å². The summed E-state index contributed by atoms with van der Waals surface area (Å²) in [5, 5.41) is 3.07. The van der Waals surface area contributed by atoms with Crippen molar-refractivity contribution in [2.24, 2.45) is 0 Å². The molecule has 1 unspecified atom stereocenters. The Bertz CT molecular complexity index is 1180. The van der Waals surface area contributed by atoms with E-state index in [1.807, 2.05) is 0 Å². The van der Waals surface area contributed by atoms with E-state index >= 15 is 0 Å². The number of halogens is 1. The molecule has 1 aliphatic carbocycles. The SMILES string of the molecule is CC(=O)Nc1ccc(S(=O)(=O)N(C2CCCC2)C2CC(=O)N(c3ccc(Cl)cc3)C2=O)cc1. The summed E-state index contributed by atoms with van der Waals surface area (Å²) >= 11 is 5.92. The molecule has 1 N–H and O–H groups in total. The normalized spacial score (nSPS) is 19.5. The molecular formula is C23H24ClN3O5S. The number of hydrogen-bond acceptors (Lipinski definition) is 5. The van der Waals surface area contributed by atoms with Gasteiger partial charge < -0.3 is 5.32 Å². The standard InChI is InChI=1S/C23H24ClN3O5S/c1-15(28)25-17-8-12-20(13-9-17)33(31,32)27(19-4-2-3-5-19)21-14-22(29)26(23(21)30)18-10-6-16(24)7-11-18/h6-13,19,21H,2-5,14H2,1H3,(H,25,28). The third-order valence-corrected chi connectivity index (χ3v) is 8.18. The van der Waals surface area contributed by atoms with Crippen molar-refractivity contribution in [1.29, 1.82) is 0 Å². The minimum Gasteiger partial charge on any atom is -0.326 e. The van der Waals surface area contributed by atoms with Crippen molar-refractivity contribution in [2.45, 2.75) is 56.0 Å². The summed E-state index contributed by atoms with van der Waals surface area (Å²) in [6, 6.07) is 10.6. The Morgan fingerprint density at radius 3 is 2.21 bits per heavy atom. The maximum Gasteiger partial charge on any atom is 0.252 e. The van der Waals surface area contributed by atoms with Gasteiger partial charge in [-0.2, -0.15) is 4.31 Å². The van der Waals surface area contributed by atoms with Crippen molar-refractivity contribution < 1.29 is 22.8 Å². The van der Waals surface area contributed by atoms with Gasteiger partial charge in [-0.3, -0.25) is 14.4 Å². The van der Waals surface area contributed by atoms with Gasteiger partial charge in [0.15, 0.2) is 0 Å². The smallest absolute Gasteiger partial charge is 0.252 e. The largest absolute Gasteiger partial charge is 0.326 e. The fraction of sp³-hybridized carbons (Fsp3) is 0.348. The van der Waals surface area contributed by atoms with Crippen LogP contribution in [-0.4, -0.2) is 42.5 Å². The number of carbonyl (C=O) groups is 3. The molecule has 8 nitrogen and oxygen atoms in total. The van der Waals surface area contributed by atoms with Crippen molar-refractivity contribution in [3.05, 3.63) is 53.6 Å². The Labute approximate surface area is 197 Å². The lowest BCUT2D eigenvalue weighted by Gasteiger charge is -2.32. The summed E-state index contributed by atoms with van der Waals surface area (Å²) in [5.41, 5.74) is 0.829. The average molecular weight is 490 g/mol. The van der Waals surface area contributed by atoms with Gasteiger partial charge in [0, 0.05) is 23.7 Å². The Hall–Kier alpha value is -2.75. The van der Waals surface area contributed by atoms with Crippen LogP contribution in [0.15, 0.2) is 53.4 Å². The summed E-state index contributed by atoms with van der Waals surface area (Å²) < 4.78 is 28.7. The maximum absolute atomic E-state index is 13.7. The van der Waals surface area contributed by atoms with E-state index in [0.717, 1.165) is 17.7 Å². The molecule has 1 aliphatic heterocycles. The Morgan fingerprint density at radius 1 is 1.03 bits per heavy atom. The minimum absolute atomic E-state index is 0.00805. The van der Waals surface area contributed by atoms with E-state index in [1.54, 1.807) is 24.3 Å². The summed E-state index contributed by atoms with van der Waals surface area (Å²) in [4.78, 5) is 38.5. The molecule has 0 bridgehead atoms. The van der Waals surface area contributed by atoms with Crippen molar-refractivity contribution >= 4 is 50.7 Å². The zero-order chi connectivity index (χ0) is 23.8. The predicted molar refractivity (Wildman–Crippen MR) is 124 cm³/mol. The lowest BCUT2D eigenvalue weighted by Crippen LogP contribution is -2.49. The van der Waals surface area contributed by atoms with E-state index < -0.39 is 27.9 Å². The first-order valence-corrected chi connectivity index (χ1v) is 12.5. The molecule has 0 spiro atoms. The molecule has 3 amide bonds. The van der Waals surface area contributed by atoms with Crippen molar-refractivity contribution in [3.63, 3.8) is 0 Å². The maximum atomic E-state index is 13.7. The second-order valence-electron chi connectivity index (χ2n) is 8.24. The van der Waals surface area contributed by atoms with E-state index in [0.29, 0.717) is 29.2 Å². The number of anilines is 2. The number of sulfonamides is 1. The number of imide groups is 1. The van der Waals surface area contributed by atoms with Crippen LogP contribution in [0.3, 0.4) is 0 Å². The molecule has 174 valence electrons. The zero-order valence-electron chi connectivity index (χ0n) is 18.0. The molecule has 2 aromatic rings. The highest BCUT2D eigenvalue weighted by Gasteiger charge is 2.49. The molecule has 2 fully saturated rings. The third-order valence-electron chi connectivity index (χ3n) is 5.95. The molecule has 0 radical (unpaired) electrons. The molecular weight excluding hydrogens is 466 g/mol. The molecule has 1 saturated heterocycles. The van der Waals surface area contributed by atoms with Gasteiger partial charge in [0.05, 0.1) is 17.0 Å². The number of benzene rings is 2. The second kappa shape index (κ2) is 9.24. The van der Waals surface area contributed by atoms with Crippen LogP contribution in [0.25, 0.3) is 0 Å². The fourth-order valence-electron chi connectivity index (χ4n) is 4.49. The van der Waals surface area contributed by atoms with Gasteiger partial charge in [-0.05, 0) is 61.4 Å². The number of rotatable bonds is 6. The van der Waals surface area contributed by atoms with Crippen LogP contribution in [0.5, 0.6) is 0 Å². The minimum atomic E-state index is -4.08. The van der Waals surface area contributed by atoms with Crippen molar-refractivity contribution in [3.8, 4) is 0 Å². The first-order chi connectivity index (χ1) is 15.7. The summed E-state index contributed by atoms with van der Waals surface area (Å²) in [5.74, 6) is -1.28. The van der Waals surface area contributed by atoms with Gasteiger partial charge in [-0.15, -0.1) is 0 Å². The fourth-order valence-corrected chi connectivity index (χ4v) is 6.44.